The van der Waals surface area contributed by atoms with Crippen LogP contribution in [0.3, 0.4) is 0 Å². The molecule has 0 unspecified atom stereocenters. The zero-order valence-corrected chi connectivity index (χ0v) is 20.7. The van der Waals surface area contributed by atoms with Crippen LogP contribution < -0.4 is 10.2 Å². The molecule has 8 heteroatoms. The summed E-state index contributed by atoms with van der Waals surface area (Å²) < 4.78 is 5.37. The first-order valence-electron chi connectivity index (χ1n) is 11.3. The number of hydrogen-bond donors (Lipinski definition) is 2. The number of carbonyl (C=O) groups is 1. The van der Waals surface area contributed by atoms with Crippen molar-refractivity contribution >= 4 is 39.7 Å². The number of aromatic nitrogens is 1. The predicted octanol–water partition coefficient (Wildman–Crippen LogP) is 4.92. The topological polar surface area (TPSA) is 74.7 Å². The van der Waals surface area contributed by atoms with Gasteiger partial charge in [0, 0.05) is 24.7 Å². The third-order valence-electron chi connectivity index (χ3n) is 6.65. The van der Waals surface area contributed by atoms with Crippen molar-refractivity contribution in [2.45, 2.75) is 32.1 Å². The van der Waals surface area contributed by atoms with E-state index >= 15 is 0 Å². The fraction of sp³-hybridized carbons (Fsp3) is 0.385. The Labute approximate surface area is 208 Å². The molecular weight excluding hydrogens is 470 g/mol. The van der Waals surface area contributed by atoms with Crippen molar-refractivity contribution in [1.29, 1.82) is 0 Å². The number of amides is 1. The summed E-state index contributed by atoms with van der Waals surface area (Å²) >= 11 is 8.14. The van der Waals surface area contributed by atoms with Crippen LogP contribution in [-0.4, -0.2) is 47.7 Å². The average molecular weight is 498 g/mol. The molecule has 1 aromatic carbocycles. The monoisotopic (exact) mass is 497 g/mol. The molecule has 1 aliphatic rings. The number of halogens is 1. The van der Waals surface area contributed by atoms with E-state index in [2.05, 4.69) is 21.7 Å². The van der Waals surface area contributed by atoms with Gasteiger partial charge in [-0.15, -0.1) is 11.3 Å². The van der Waals surface area contributed by atoms with E-state index < -0.39 is 5.41 Å². The van der Waals surface area contributed by atoms with Crippen LogP contribution in [0.2, 0.25) is 5.02 Å². The molecule has 0 spiro atoms. The smallest absolute Gasteiger partial charge is 0.249 e. The second-order valence-electron chi connectivity index (χ2n) is 8.60. The molecule has 0 radical (unpaired) electrons. The summed E-state index contributed by atoms with van der Waals surface area (Å²) in [6.45, 7) is 2.21. The highest BCUT2D eigenvalue weighted by Gasteiger charge is 2.40. The van der Waals surface area contributed by atoms with E-state index in [4.69, 9.17) is 16.3 Å². The van der Waals surface area contributed by atoms with Gasteiger partial charge in [0.05, 0.1) is 34.5 Å². The number of ether oxygens (including phenoxy) is 1. The number of likely N-dealkylation sites (tertiary alicyclic amines) is 1. The van der Waals surface area contributed by atoms with Gasteiger partial charge in [-0.3, -0.25) is 19.9 Å². The number of pyridine rings is 1. The lowest BCUT2D eigenvalue weighted by atomic mass is 9.73. The molecule has 1 amide bonds. The number of nitrogens with zero attached hydrogens (tertiary/aromatic N) is 2. The minimum atomic E-state index is -0.598. The fourth-order valence-electron chi connectivity index (χ4n) is 4.62. The molecule has 1 saturated heterocycles. The van der Waals surface area contributed by atoms with E-state index in [-0.39, 0.29) is 5.91 Å². The zero-order valence-electron chi connectivity index (χ0n) is 19.1. The highest BCUT2D eigenvalue weighted by Crippen LogP contribution is 2.38. The number of fused-ring (bicyclic) bond motifs is 1. The van der Waals surface area contributed by atoms with Gasteiger partial charge in [-0.2, -0.15) is 0 Å². The predicted molar refractivity (Wildman–Crippen MR) is 135 cm³/mol. The summed E-state index contributed by atoms with van der Waals surface area (Å²) in [5, 5.41) is 13.0. The number of benzene rings is 1. The lowest BCUT2D eigenvalue weighted by molar-refractivity contribution is -0.143. The van der Waals surface area contributed by atoms with Crippen LogP contribution in [0.1, 0.15) is 36.1 Å². The minimum absolute atomic E-state index is 0.302. The number of hydrogen-bond acceptors (Lipinski definition) is 6. The Kier molecular flexibility index (Phi) is 8.07. The number of nitrogens with one attached hydrogen (secondary N) is 1. The van der Waals surface area contributed by atoms with Crippen LogP contribution in [0.5, 0.6) is 5.75 Å². The molecule has 6 nitrogen and oxygen atoms in total. The van der Waals surface area contributed by atoms with Crippen molar-refractivity contribution in [1.82, 2.24) is 15.4 Å². The van der Waals surface area contributed by atoms with E-state index in [1.54, 1.807) is 24.6 Å². The maximum Gasteiger partial charge on any atom is 0.249 e. The van der Waals surface area contributed by atoms with Crippen LogP contribution >= 0.6 is 22.9 Å². The summed E-state index contributed by atoms with van der Waals surface area (Å²) in [6.07, 6.45) is 5.18. The lowest BCUT2D eigenvalue weighted by Gasteiger charge is -2.39. The third kappa shape index (κ3) is 5.53. The lowest BCUT2D eigenvalue weighted by Crippen LogP contribution is -2.48. The van der Waals surface area contributed by atoms with Crippen LogP contribution in [0.4, 0.5) is 0 Å². The van der Waals surface area contributed by atoms with Gasteiger partial charge in [-0.1, -0.05) is 29.5 Å². The van der Waals surface area contributed by atoms with Crippen LogP contribution in [0, 0.1) is 17.3 Å². The van der Waals surface area contributed by atoms with Gasteiger partial charge in [0.1, 0.15) is 5.75 Å². The molecule has 0 atom stereocenters. The highest BCUT2D eigenvalue weighted by atomic mass is 35.5. The number of piperidine rings is 1. The first-order valence-corrected chi connectivity index (χ1v) is 12.6. The molecular formula is C26H28ClN3O3S. The summed E-state index contributed by atoms with van der Waals surface area (Å²) in [5.74, 6) is 6.87. The van der Waals surface area contributed by atoms with Gasteiger partial charge in [-0.25, -0.2) is 5.48 Å². The Morgan fingerprint density at radius 1 is 1.35 bits per heavy atom. The number of hydroxylamine groups is 1. The van der Waals surface area contributed by atoms with Crippen LogP contribution in [0.25, 0.3) is 10.9 Å². The Bertz CT molecular complexity index is 1200. The summed E-state index contributed by atoms with van der Waals surface area (Å²) in [7, 11) is 1.64. The molecule has 0 saturated carbocycles. The Morgan fingerprint density at radius 2 is 2.18 bits per heavy atom. The van der Waals surface area contributed by atoms with E-state index in [0.717, 1.165) is 46.6 Å². The SMILES string of the molecule is COc1ccc2ncc(Cl)c(CCCC3(C(=O)NO)CCN(CC#Cc4cccs4)CC3)c2c1. The molecule has 3 aromatic rings. The van der Waals surface area contributed by atoms with Gasteiger partial charge in [0.25, 0.3) is 0 Å². The highest BCUT2D eigenvalue weighted by molar-refractivity contribution is 7.10. The molecule has 0 aliphatic carbocycles. The second kappa shape index (κ2) is 11.2. The fourth-order valence-corrected chi connectivity index (χ4v) is 5.46. The Morgan fingerprint density at radius 3 is 2.88 bits per heavy atom. The zero-order chi connectivity index (χ0) is 24.0. The Balaban J connectivity index is 1.41. The van der Waals surface area contributed by atoms with Crippen molar-refractivity contribution in [3.8, 4) is 17.6 Å². The van der Waals surface area contributed by atoms with Gasteiger partial charge < -0.3 is 4.74 Å². The summed E-state index contributed by atoms with van der Waals surface area (Å²) in [6, 6.07) is 9.77. The molecule has 178 valence electrons. The molecule has 2 N–H and O–H groups in total. The first kappa shape index (κ1) is 24.5. The molecule has 3 heterocycles. The first-order chi connectivity index (χ1) is 16.5. The maximum absolute atomic E-state index is 12.7. The molecule has 0 bridgehead atoms. The van der Waals surface area contributed by atoms with Gasteiger partial charge in [0.15, 0.2) is 0 Å². The number of methoxy groups -OCH3 is 1. The minimum Gasteiger partial charge on any atom is -0.497 e. The van der Waals surface area contributed by atoms with E-state index in [9.17, 15) is 10.0 Å². The van der Waals surface area contributed by atoms with Crippen molar-refractivity contribution in [3.63, 3.8) is 0 Å². The van der Waals surface area contributed by atoms with Crippen molar-refractivity contribution in [2.75, 3.05) is 26.7 Å². The van der Waals surface area contributed by atoms with Crippen molar-refractivity contribution < 1.29 is 14.7 Å². The standard InChI is InChI=1S/C26H28ClN3O3S/c1-33-19-8-9-24-22(17-19)21(23(27)18-28-24)7-2-10-26(25(31)29-32)11-14-30(15-12-26)13-3-5-20-6-4-16-34-20/h4,6,8-9,16-18,32H,2,7,10-15H2,1H3,(H,29,31). The van der Waals surface area contributed by atoms with Gasteiger partial charge in [0.2, 0.25) is 5.91 Å². The molecule has 34 heavy (non-hydrogen) atoms. The summed E-state index contributed by atoms with van der Waals surface area (Å²) in [5.41, 5.74) is 3.19. The van der Waals surface area contributed by atoms with E-state index in [1.807, 2.05) is 41.2 Å². The second-order valence-corrected chi connectivity index (χ2v) is 9.95. The van der Waals surface area contributed by atoms with Gasteiger partial charge >= 0.3 is 0 Å². The number of carbonyl (C=O) groups excluding carboxylic acids is 1. The maximum atomic E-state index is 12.7. The number of aryl methyl sites for hydroxylation is 1. The van der Waals surface area contributed by atoms with Crippen LogP contribution in [-0.2, 0) is 11.2 Å². The molecule has 1 aliphatic heterocycles. The Hall–Kier alpha value is -2.63. The largest absolute Gasteiger partial charge is 0.497 e. The van der Waals surface area contributed by atoms with E-state index in [1.165, 1.54) is 0 Å². The summed E-state index contributed by atoms with van der Waals surface area (Å²) in [4.78, 5) is 20.5. The quantitative estimate of drug-likeness (QED) is 0.275. The molecule has 4 rings (SSSR count). The molecule has 1 fully saturated rings. The van der Waals surface area contributed by atoms with Crippen molar-refractivity contribution in [3.05, 3.63) is 57.4 Å². The van der Waals surface area contributed by atoms with Crippen LogP contribution in [0.15, 0.2) is 41.9 Å². The van der Waals surface area contributed by atoms with Crippen molar-refractivity contribution in [2.24, 2.45) is 5.41 Å². The average Bonchev–Trinajstić information content (AvgIpc) is 3.39. The van der Waals surface area contributed by atoms with Gasteiger partial charge in [-0.05, 0) is 67.3 Å². The third-order valence-corrected chi connectivity index (χ3v) is 7.76. The number of rotatable bonds is 7. The number of thiophene rings is 1. The molecule has 2 aromatic heterocycles. The normalized spacial score (nSPS) is 15.5. The van der Waals surface area contributed by atoms with E-state index in [0.29, 0.717) is 37.3 Å².